The summed E-state index contributed by atoms with van der Waals surface area (Å²) in [5.41, 5.74) is 1.18. The van der Waals surface area contributed by atoms with Gasteiger partial charge in [0.25, 0.3) is 0 Å². The standard InChI is InChI=1S/C16H19ClN4O/c1-22-15-6-7-18-16(19-15)21-10-8-20(9-11-21)12-13-4-2-3-5-14(13)17/h2-7H,8-12H2,1H3. The van der Waals surface area contributed by atoms with Crippen molar-refractivity contribution in [2.24, 2.45) is 0 Å². The Labute approximate surface area is 135 Å². The maximum atomic E-state index is 6.23. The van der Waals surface area contributed by atoms with E-state index >= 15 is 0 Å². The van der Waals surface area contributed by atoms with E-state index in [4.69, 9.17) is 16.3 Å². The molecule has 2 heterocycles. The van der Waals surface area contributed by atoms with E-state index in [-0.39, 0.29) is 0 Å². The number of hydrogen-bond donors (Lipinski definition) is 0. The second kappa shape index (κ2) is 6.94. The number of nitrogens with zero attached hydrogens (tertiary/aromatic N) is 4. The van der Waals surface area contributed by atoms with Gasteiger partial charge >= 0.3 is 0 Å². The molecule has 1 aromatic heterocycles. The maximum absolute atomic E-state index is 6.23. The maximum Gasteiger partial charge on any atom is 0.228 e. The van der Waals surface area contributed by atoms with E-state index in [1.165, 1.54) is 5.56 Å². The van der Waals surface area contributed by atoms with Crippen LogP contribution in [0.15, 0.2) is 36.5 Å². The third-order valence-electron chi connectivity index (χ3n) is 3.83. The van der Waals surface area contributed by atoms with E-state index in [0.717, 1.165) is 43.7 Å². The molecule has 2 aromatic rings. The molecule has 1 aromatic carbocycles. The van der Waals surface area contributed by atoms with Crippen molar-refractivity contribution in [2.75, 3.05) is 38.2 Å². The lowest BCUT2D eigenvalue weighted by Crippen LogP contribution is -2.46. The predicted octanol–water partition coefficient (Wildman–Crippen LogP) is 2.46. The summed E-state index contributed by atoms with van der Waals surface area (Å²) in [4.78, 5) is 13.3. The smallest absolute Gasteiger partial charge is 0.228 e. The number of methoxy groups -OCH3 is 1. The van der Waals surface area contributed by atoms with Gasteiger partial charge in [-0.15, -0.1) is 0 Å². The van der Waals surface area contributed by atoms with Gasteiger partial charge in [0.2, 0.25) is 11.8 Å². The number of ether oxygens (including phenoxy) is 1. The Morgan fingerprint density at radius 2 is 1.91 bits per heavy atom. The van der Waals surface area contributed by atoms with Crippen molar-refractivity contribution in [2.45, 2.75) is 6.54 Å². The van der Waals surface area contributed by atoms with Gasteiger partial charge in [-0.05, 0) is 11.6 Å². The van der Waals surface area contributed by atoms with E-state index in [1.54, 1.807) is 19.4 Å². The zero-order chi connectivity index (χ0) is 15.4. The van der Waals surface area contributed by atoms with Crippen molar-refractivity contribution in [3.63, 3.8) is 0 Å². The highest BCUT2D eigenvalue weighted by Gasteiger charge is 2.19. The Morgan fingerprint density at radius 1 is 1.14 bits per heavy atom. The van der Waals surface area contributed by atoms with Gasteiger partial charge in [0, 0.05) is 50.0 Å². The summed E-state index contributed by atoms with van der Waals surface area (Å²) in [6.07, 6.45) is 1.73. The molecule has 0 amide bonds. The lowest BCUT2D eigenvalue weighted by molar-refractivity contribution is 0.248. The van der Waals surface area contributed by atoms with Crippen LogP contribution in [0, 0.1) is 0 Å². The van der Waals surface area contributed by atoms with Gasteiger partial charge in [0.15, 0.2) is 0 Å². The molecule has 22 heavy (non-hydrogen) atoms. The SMILES string of the molecule is COc1ccnc(N2CCN(Cc3ccccc3Cl)CC2)n1. The first kappa shape index (κ1) is 15.1. The van der Waals surface area contributed by atoms with Crippen LogP contribution >= 0.6 is 11.6 Å². The van der Waals surface area contributed by atoms with Gasteiger partial charge in [-0.1, -0.05) is 29.8 Å². The van der Waals surface area contributed by atoms with E-state index in [2.05, 4.69) is 25.8 Å². The van der Waals surface area contributed by atoms with Crippen LogP contribution in [0.1, 0.15) is 5.56 Å². The molecule has 0 saturated carbocycles. The number of anilines is 1. The average Bonchev–Trinajstić information content (AvgIpc) is 2.58. The summed E-state index contributed by atoms with van der Waals surface area (Å²) in [6, 6.07) is 9.78. The number of rotatable bonds is 4. The van der Waals surface area contributed by atoms with Crippen molar-refractivity contribution in [1.29, 1.82) is 0 Å². The molecule has 0 N–H and O–H groups in total. The normalized spacial score (nSPS) is 15.8. The first-order valence-corrected chi connectivity index (χ1v) is 7.72. The van der Waals surface area contributed by atoms with E-state index in [9.17, 15) is 0 Å². The Bertz CT molecular complexity index is 629. The number of aromatic nitrogens is 2. The molecular formula is C16H19ClN4O. The van der Waals surface area contributed by atoms with Gasteiger partial charge in [-0.25, -0.2) is 4.98 Å². The zero-order valence-corrected chi connectivity index (χ0v) is 13.3. The fourth-order valence-electron chi connectivity index (χ4n) is 2.57. The topological polar surface area (TPSA) is 41.5 Å². The molecule has 0 spiro atoms. The summed E-state index contributed by atoms with van der Waals surface area (Å²) >= 11 is 6.23. The predicted molar refractivity (Wildman–Crippen MR) is 87.5 cm³/mol. The van der Waals surface area contributed by atoms with Crippen LogP contribution in [0.3, 0.4) is 0 Å². The highest BCUT2D eigenvalue weighted by Crippen LogP contribution is 2.19. The molecule has 0 bridgehead atoms. The zero-order valence-electron chi connectivity index (χ0n) is 12.6. The molecular weight excluding hydrogens is 300 g/mol. The van der Waals surface area contributed by atoms with Gasteiger partial charge < -0.3 is 9.64 Å². The van der Waals surface area contributed by atoms with Crippen LogP contribution in [0.4, 0.5) is 5.95 Å². The lowest BCUT2D eigenvalue weighted by Gasteiger charge is -2.34. The summed E-state index contributed by atoms with van der Waals surface area (Å²) in [6.45, 7) is 4.61. The van der Waals surface area contributed by atoms with Crippen LogP contribution in [0.25, 0.3) is 0 Å². The van der Waals surface area contributed by atoms with Gasteiger partial charge in [-0.3, -0.25) is 4.90 Å². The first-order valence-electron chi connectivity index (χ1n) is 7.34. The molecule has 1 fully saturated rings. The fourth-order valence-corrected chi connectivity index (χ4v) is 2.77. The quantitative estimate of drug-likeness (QED) is 0.866. The molecule has 0 aliphatic carbocycles. The number of hydrogen-bond acceptors (Lipinski definition) is 5. The van der Waals surface area contributed by atoms with Crippen molar-refractivity contribution in [1.82, 2.24) is 14.9 Å². The average molecular weight is 319 g/mol. The third-order valence-corrected chi connectivity index (χ3v) is 4.20. The van der Waals surface area contributed by atoms with Crippen LogP contribution in [0.2, 0.25) is 5.02 Å². The largest absolute Gasteiger partial charge is 0.481 e. The molecule has 5 nitrogen and oxygen atoms in total. The highest BCUT2D eigenvalue weighted by molar-refractivity contribution is 6.31. The molecule has 3 rings (SSSR count). The minimum Gasteiger partial charge on any atom is -0.481 e. The van der Waals surface area contributed by atoms with Crippen molar-refractivity contribution < 1.29 is 4.74 Å². The summed E-state index contributed by atoms with van der Waals surface area (Å²) < 4.78 is 5.16. The lowest BCUT2D eigenvalue weighted by atomic mass is 10.2. The molecule has 1 aliphatic heterocycles. The summed E-state index contributed by atoms with van der Waals surface area (Å²) in [5, 5.41) is 0.834. The Balaban J connectivity index is 1.59. The van der Waals surface area contributed by atoms with Crippen molar-refractivity contribution in [3.8, 4) is 5.88 Å². The van der Waals surface area contributed by atoms with Gasteiger partial charge in [0.05, 0.1) is 7.11 Å². The second-order valence-corrected chi connectivity index (χ2v) is 5.66. The number of piperazine rings is 1. The molecule has 116 valence electrons. The minimum atomic E-state index is 0.600. The van der Waals surface area contributed by atoms with Crippen molar-refractivity contribution in [3.05, 3.63) is 47.1 Å². The van der Waals surface area contributed by atoms with E-state index in [0.29, 0.717) is 5.88 Å². The van der Waals surface area contributed by atoms with Gasteiger partial charge in [0.1, 0.15) is 0 Å². The highest BCUT2D eigenvalue weighted by atomic mass is 35.5. The summed E-state index contributed by atoms with van der Waals surface area (Å²) in [7, 11) is 1.62. The molecule has 0 atom stereocenters. The van der Waals surface area contributed by atoms with Crippen LogP contribution in [-0.2, 0) is 6.54 Å². The number of benzene rings is 1. The van der Waals surface area contributed by atoms with Crippen LogP contribution in [-0.4, -0.2) is 48.2 Å². The minimum absolute atomic E-state index is 0.600. The Morgan fingerprint density at radius 3 is 2.64 bits per heavy atom. The molecule has 1 aliphatic rings. The van der Waals surface area contributed by atoms with Crippen LogP contribution < -0.4 is 9.64 Å². The van der Waals surface area contributed by atoms with Gasteiger partial charge in [-0.2, -0.15) is 4.98 Å². The fraction of sp³-hybridized carbons (Fsp3) is 0.375. The molecule has 0 radical (unpaired) electrons. The van der Waals surface area contributed by atoms with Crippen LogP contribution in [0.5, 0.6) is 5.88 Å². The number of halogens is 1. The first-order chi connectivity index (χ1) is 10.8. The Kier molecular flexibility index (Phi) is 4.75. The third kappa shape index (κ3) is 3.48. The molecule has 1 saturated heterocycles. The molecule has 0 unspecified atom stereocenters. The molecule has 6 heteroatoms. The summed E-state index contributed by atoms with van der Waals surface area (Å²) in [5.74, 6) is 1.33. The Hall–Kier alpha value is -1.85. The van der Waals surface area contributed by atoms with E-state index in [1.807, 2.05) is 18.2 Å². The monoisotopic (exact) mass is 318 g/mol. The van der Waals surface area contributed by atoms with E-state index < -0.39 is 0 Å². The van der Waals surface area contributed by atoms with Crippen molar-refractivity contribution >= 4 is 17.5 Å². The second-order valence-electron chi connectivity index (χ2n) is 5.25.